The molecule has 0 aliphatic carbocycles. The lowest BCUT2D eigenvalue weighted by atomic mass is 10.4. The van der Waals surface area contributed by atoms with Crippen molar-refractivity contribution in [2.24, 2.45) is 0 Å². The van der Waals surface area contributed by atoms with Crippen LogP contribution < -0.4 is 5.32 Å². The van der Waals surface area contributed by atoms with Crippen molar-refractivity contribution in [3.8, 4) is 0 Å². The van der Waals surface area contributed by atoms with Gasteiger partial charge in [0, 0.05) is 25.4 Å². The van der Waals surface area contributed by atoms with E-state index >= 15 is 0 Å². The second kappa shape index (κ2) is 4.94. The molecule has 0 radical (unpaired) electrons. The molecule has 5 nitrogen and oxygen atoms in total. The molecule has 0 amide bonds. The predicted octanol–water partition coefficient (Wildman–Crippen LogP) is 1.34. The maximum absolute atomic E-state index is 5.35. The van der Waals surface area contributed by atoms with Gasteiger partial charge in [-0.2, -0.15) is 0 Å². The Morgan fingerprint density at radius 3 is 3.00 bits per heavy atom. The lowest BCUT2D eigenvalue weighted by Crippen LogP contribution is -2.15. The van der Waals surface area contributed by atoms with E-state index < -0.39 is 0 Å². The van der Waals surface area contributed by atoms with Crippen molar-refractivity contribution >= 4 is 0 Å². The minimum Gasteiger partial charge on any atom is -0.424 e. The SMILES string of the molecule is CCNCc1cccn1Cc1nnc(C)o1. The molecule has 1 N–H and O–H groups in total. The van der Waals surface area contributed by atoms with Gasteiger partial charge < -0.3 is 14.3 Å². The van der Waals surface area contributed by atoms with Crippen LogP contribution in [-0.4, -0.2) is 21.3 Å². The fraction of sp³-hybridized carbons (Fsp3) is 0.455. The summed E-state index contributed by atoms with van der Waals surface area (Å²) in [7, 11) is 0. The summed E-state index contributed by atoms with van der Waals surface area (Å²) in [6, 6.07) is 4.11. The highest BCUT2D eigenvalue weighted by Crippen LogP contribution is 2.06. The van der Waals surface area contributed by atoms with Gasteiger partial charge in [0.05, 0.1) is 0 Å². The van der Waals surface area contributed by atoms with Crippen molar-refractivity contribution in [1.29, 1.82) is 0 Å². The smallest absolute Gasteiger partial charge is 0.236 e. The molecule has 0 saturated carbocycles. The Bertz CT molecular complexity index is 446. The molecule has 0 aromatic carbocycles. The second-order valence-corrected chi connectivity index (χ2v) is 3.62. The molecular weight excluding hydrogens is 204 g/mol. The number of aryl methyl sites for hydroxylation is 1. The van der Waals surface area contributed by atoms with Gasteiger partial charge in [-0.05, 0) is 18.7 Å². The zero-order chi connectivity index (χ0) is 11.4. The van der Waals surface area contributed by atoms with E-state index in [1.54, 1.807) is 6.92 Å². The third-order valence-corrected chi connectivity index (χ3v) is 2.35. The summed E-state index contributed by atoms with van der Waals surface area (Å²) < 4.78 is 7.46. The summed E-state index contributed by atoms with van der Waals surface area (Å²) in [5, 5.41) is 11.1. The zero-order valence-electron chi connectivity index (χ0n) is 9.60. The predicted molar refractivity (Wildman–Crippen MR) is 59.9 cm³/mol. The molecule has 5 heteroatoms. The number of nitrogens with zero attached hydrogens (tertiary/aromatic N) is 3. The molecule has 2 rings (SSSR count). The van der Waals surface area contributed by atoms with E-state index in [2.05, 4.69) is 33.1 Å². The third kappa shape index (κ3) is 2.49. The van der Waals surface area contributed by atoms with Gasteiger partial charge in [-0.3, -0.25) is 0 Å². The van der Waals surface area contributed by atoms with Crippen LogP contribution in [-0.2, 0) is 13.1 Å². The van der Waals surface area contributed by atoms with Crippen LogP contribution in [0.5, 0.6) is 0 Å². The van der Waals surface area contributed by atoms with Gasteiger partial charge in [0.25, 0.3) is 0 Å². The van der Waals surface area contributed by atoms with E-state index in [9.17, 15) is 0 Å². The van der Waals surface area contributed by atoms with Crippen molar-refractivity contribution in [3.63, 3.8) is 0 Å². The fourth-order valence-electron chi connectivity index (χ4n) is 1.56. The normalized spacial score (nSPS) is 10.9. The van der Waals surface area contributed by atoms with Crippen LogP contribution in [0.15, 0.2) is 22.7 Å². The molecule has 2 aromatic rings. The van der Waals surface area contributed by atoms with Crippen LogP contribution in [0.2, 0.25) is 0 Å². The fourth-order valence-corrected chi connectivity index (χ4v) is 1.56. The first kappa shape index (κ1) is 10.9. The van der Waals surface area contributed by atoms with Crippen molar-refractivity contribution in [1.82, 2.24) is 20.1 Å². The van der Waals surface area contributed by atoms with Crippen LogP contribution in [0, 0.1) is 6.92 Å². The minimum atomic E-state index is 0.607. The first-order chi connectivity index (χ1) is 7.79. The summed E-state index contributed by atoms with van der Waals surface area (Å²) in [4.78, 5) is 0. The van der Waals surface area contributed by atoms with Gasteiger partial charge in [0.1, 0.15) is 6.54 Å². The van der Waals surface area contributed by atoms with Crippen LogP contribution in [0.4, 0.5) is 0 Å². The summed E-state index contributed by atoms with van der Waals surface area (Å²) in [5.41, 5.74) is 1.22. The Balaban J connectivity index is 2.06. The number of nitrogens with one attached hydrogen (secondary N) is 1. The van der Waals surface area contributed by atoms with E-state index in [-0.39, 0.29) is 0 Å². The first-order valence-electron chi connectivity index (χ1n) is 5.43. The van der Waals surface area contributed by atoms with E-state index in [1.807, 2.05) is 12.3 Å². The molecule has 2 heterocycles. The van der Waals surface area contributed by atoms with Crippen LogP contribution in [0.3, 0.4) is 0 Å². The summed E-state index contributed by atoms with van der Waals surface area (Å²) in [6.45, 7) is 6.34. The molecule has 0 aliphatic rings. The van der Waals surface area contributed by atoms with Gasteiger partial charge in [0.15, 0.2) is 0 Å². The second-order valence-electron chi connectivity index (χ2n) is 3.62. The molecule has 2 aromatic heterocycles. The number of aromatic nitrogens is 3. The molecule has 0 unspecified atom stereocenters. The Hall–Kier alpha value is -1.62. The average molecular weight is 220 g/mol. The molecule has 0 aliphatic heterocycles. The van der Waals surface area contributed by atoms with E-state index in [0.717, 1.165) is 13.1 Å². The highest BCUT2D eigenvalue weighted by atomic mass is 16.4. The van der Waals surface area contributed by atoms with Gasteiger partial charge in [-0.15, -0.1) is 10.2 Å². The quantitative estimate of drug-likeness (QED) is 0.826. The van der Waals surface area contributed by atoms with E-state index in [1.165, 1.54) is 5.69 Å². The molecular formula is C11H16N4O. The van der Waals surface area contributed by atoms with Crippen molar-refractivity contribution in [2.45, 2.75) is 26.9 Å². The number of rotatable bonds is 5. The van der Waals surface area contributed by atoms with Crippen molar-refractivity contribution in [2.75, 3.05) is 6.54 Å². The Labute approximate surface area is 94.5 Å². The standard InChI is InChI=1S/C11H16N4O/c1-3-12-7-10-5-4-6-15(10)8-11-14-13-9(2)16-11/h4-6,12H,3,7-8H2,1-2H3. The number of hydrogen-bond donors (Lipinski definition) is 1. The Morgan fingerprint density at radius 1 is 1.44 bits per heavy atom. The average Bonchev–Trinajstić information content (AvgIpc) is 2.86. The molecule has 0 atom stereocenters. The Kier molecular flexibility index (Phi) is 3.36. The van der Waals surface area contributed by atoms with Crippen molar-refractivity contribution < 1.29 is 4.42 Å². The van der Waals surface area contributed by atoms with Crippen LogP contribution in [0.25, 0.3) is 0 Å². The topological polar surface area (TPSA) is 55.9 Å². The first-order valence-corrected chi connectivity index (χ1v) is 5.43. The molecule has 0 fully saturated rings. The van der Waals surface area contributed by atoms with E-state index in [4.69, 9.17) is 4.42 Å². The van der Waals surface area contributed by atoms with Gasteiger partial charge in [-0.25, -0.2) is 0 Å². The maximum atomic E-state index is 5.35. The molecule has 0 bridgehead atoms. The van der Waals surface area contributed by atoms with Gasteiger partial charge >= 0.3 is 0 Å². The number of hydrogen-bond acceptors (Lipinski definition) is 4. The van der Waals surface area contributed by atoms with Gasteiger partial charge in [0.2, 0.25) is 11.8 Å². The summed E-state index contributed by atoms with van der Waals surface area (Å²) >= 11 is 0. The lowest BCUT2D eigenvalue weighted by molar-refractivity contribution is 0.450. The Morgan fingerprint density at radius 2 is 2.31 bits per heavy atom. The summed E-state index contributed by atoms with van der Waals surface area (Å²) in [5.74, 6) is 1.25. The molecule has 0 saturated heterocycles. The molecule has 16 heavy (non-hydrogen) atoms. The molecule has 0 spiro atoms. The van der Waals surface area contributed by atoms with Crippen LogP contribution >= 0.6 is 0 Å². The summed E-state index contributed by atoms with van der Waals surface area (Å²) in [6.07, 6.45) is 2.02. The zero-order valence-corrected chi connectivity index (χ0v) is 9.60. The maximum Gasteiger partial charge on any atom is 0.236 e. The van der Waals surface area contributed by atoms with Crippen molar-refractivity contribution in [3.05, 3.63) is 35.8 Å². The molecule has 86 valence electrons. The van der Waals surface area contributed by atoms with Crippen LogP contribution in [0.1, 0.15) is 24.4 Å². The monoisotopic (exact) mass is 220 g/mol. The highest BCUT2D eigenvalue weighted by molar-refractivity contribution is 5.08. The third-order valence-electron chi connectivity index (χ3n) is 2.35. The largest absolute Gasteiger partial charge is 0.424 e. The lowest BCUT2D eigenvalue weighted by Gasteiger charge is -2.06. The minimum absolute atomic E-state index is 0.607. The highest BCUT2D eigenvalue weighted by Gasteiger charge is 2.05. The van der Waals surface area contributed by atoms with Gasteiger partial charge in [-0.1, -0.05) is 6.92 Å². The van der Waals surface area contributed by atoms with E-state index in [0.29, 0.717) is 18.3 Å².